The van der Waals surface area contributed by atoms with Gasteiger partial charge in [-0.3, -0.25) is 14.6 Å². The van der Waals surface area contributed by atoms with Crippen molar-refractivity contribution in [2.24, 2.45) is 0 Å². The van der Waals surface area contributed by atoms with Gasteiger partial charge in [0.25, 0.3) is 5.91 Å². The molecule has 3 aromatic rings. The third-order valence-electron chi connectivity index (χ3n) is 9.62. The van der Waals surface area contributed by atoms with Crippen molar-refractivity contribution in [3.05, 3.63) is 94.0 Å². The molecule has 2 saturated heterocycles. The number of carbonyl (C=O) groups is 1. The van der Waals surface area contributed by atoms with Gasteiger partial charge in [0.1, 0.15) is 0 Å². The Morgan fingerprint density at radius 2 is 1.63 bits per heavy atom. The van der Waals surface area contributed by atoms with E-state index < -0.39 is 0 Å². The molecule has 3 aromatic carbocycles. The fourth-order valence-electron chi connectivity index (χ4n) is 6.89. The van der Waals surface area contributed by atoms with Crippen molar-refractivity contribution in [1.82, 2.24) is 14.7 Å². The largest absolute Gasteiger partial charge is 0.454 e. The van der Waals surface area contributed by atoms with Crippen LogP contribution in [0.4, 0.5) is 0 Å². The molecule has 0 spiro atoms. The Bertz CT molecular complexity index is 1380. The van der Waals surface area contributed by atoms with E-state index in [9.17, 15) is 4.79 Å². The molecule has 0 aromatic heterocycles. The number of hydrogen-bond acceptors (Lipinski definition) is 5. The lowest BCUT2D eigenvalue weighted by Gasteiger charge is -2.47. The number of aryl methyl sites for hydroxylation is 1. The van der Waals surface area contributed by atoms with Crippen LogP contribution in [-0.4, -0.2) is 72.2 Å². The fraction of sp³-hybridized carbons (Fsp3) is 0.457. The van der Waals surface area contributed by atoms with E-state index in [-0.39, 0.29) is 5.91 Å². The number of amides is 1. The number of benzene rings is 3. The third-order valence-corrected chi connectivity index (χ3v) is 9.62. The Balaban J connectivity index is 1.01. The summed E-state index contributed by atoms with van der Waals surface area (Å²) in [6, 6.07) is 22.8. The summed E-state index contributed by atoms with van der Waals surface area (Å²) in [6.07, 6.45) is 3.00. The Morgan fingerprint density at radius 3 is 2.39 bits per heavy atom. The molecule has 3 aliphatic rings. The van der Waals surface area contributed by atoms with E-state index in [0.29, 0.717) is 24.9 Å². The Hall–Kier alpha value is -3.35. The van der Waals surface area contributed by atoms with E-state index in [1.54, 1.807) is 0 Å². The van der Waals surface area contributed by atoms with Crippen LogP contribution in [0.5, 0.6) is 11.5 Å². The Labute approximate surface area is 244 Å². The molecule has 2 fully saturated rings. The zero-order valence-electron chi connectivity index (χ0n) is 24.9. The van der Waals surface area contributed by atoms with Crippen LogP contribution < -0.4 is 9.47 Å². The fourth-order valence-corrected chi connectivity index (χ4v) is 6.89. The second-order valence-electron chi connectivity index (χ2n) is 12.1. The highest BCUT2D eigenvalue weighted by molar-refractivity contribution is 5.96. The van der Waals surface area contributed by atoms with E-state index in [2.05, 4.69) is 84.9 Å². The average Bonchev–Trinajstić information content (AvgIpc) is 3.46. The summed E-state index contributed by atoms with van der Waals surface area (Å²) in [5.74, 6) is 1.87. The van der Waals surface area contributed by atoms with Crippen molar-refractivity contribution in [3.63, 3.8) is 0 Å². The molecule has 1 amide bonds. The first-order chi connectivity index (χ1) is 19.9. The number of piperidine rings is 1. The Morgan fingerprint density at radius 1 is 0.902 bits per heavy atom. The number of carbonyl (C=O) groups excluding carboxylic acids is 1. The van der Waals surface area contributed by atoms with Gasteiger partial charge in [0, 0.05) is 56.4 Å². The summed E-state index contributed by atoms with van der Waals surface area (Å²) in [5, 5.41) is 0. The van der Waals surface area contributed by atoms with E-state index in [4.69, 9.17) is 9.47 Å². The number of piperazine rings is 1. The summed E-state index contributed by atoms with van der Waals surface area (Å²) in [7, 11) is 0. The number of nitrogens with zero attached hydrogens (tertiary/aromatic N) is 3. The zero-order valence-corrected chi connectivity index (χ0v) is 24.9. The lowest BCUT2D eigenvalue weighted by atomic mass is 9.97. The lowest BCUT2D eigenvalue weighted by molar-refractivity contribution is 0.0135. The van der Waals surface area contributed by atoms with Gasteiger partial charge < -0.3 is 14.4 Å². The van der Waals surface area contributed by atoms with Crippen LogP contribution >= 0.6 is 0 Å². The van der Waals surface area contributed by atoms with Gasteiger partial charge in [-0.05, 0) is 93.0 Å². The van der Waals surface area contributed by atoms with Crippen molar-refractivity contribution in [2.45, 2.75) is 65.1 Å². The summed E-state index contributed by atoms with van der Waals surface area (Å²) in [6.45, 7) is 14.1. The van der Waals surface area contributed by atoms with Crippen molar-refractivity contribution in [3.8, 4) is 11.5 Å². The summed E-state index contributed by atoms with van der Waals surface area (Å²) in [4.78, 5) is 20.6. The van der Waals surface area contributed by atoms with Crippen molar-refractivity contribution >= 4 is 5.91 Å². The second-order valence-corrected chi connectivity index (χ2v) is 12.1. The molecular formula is C35H43N3O3. The minimum Gasteiger partial charge on any atom is -0.454 e. The van der Waals surface area contributed by atoms with Crippen LogP contribution in [-0.2, 0) is 6.42 Å². The summed E-state index contributed by atoms with van der Waals surface area (Å²) in [5.41, 5.74) is 7.07. The van der Waals surface area contributed by atoms with Crippen LogP contribution in [0.25, 0.3) is 0 Å². The summed E-state index contributed by atoms with van der Waals surface area (Å²) < 4.78 is 11.0. The number of rotatable bonds is 6. The van der Waals surface area contributed by atoms with Crippen LogP contribution in [0.1, 0.15) is 70.9 Å². The minimum atomic E-state index is 0.193. The van der Waals surface area contributed by atoms with Crippen LogP contribution in [0.3, 0.4) is 0 Å². The molecule has 216 valence electrons. The van der Waals surface area contributed by atoms with E-state index in [1.807, 2.05) is 18.2 Å². The quantitative estimate of drug-likeness (QED) is 0.375. The maximum atomic E-state index is 13.2. The molecule has 2 atom stereocenters. The Kier molecular flexibility index (Phi) is 8.05. The van der Waals surface area contributed by atoms with Gasteiger partial charge >= 0.3 is 0 Å². The highest BCUT2D eigenvalue weighted by atomic mass is 16.7. The normalized spacial score (nSPS) is 20.8. The van der Waals surface area contributed by atoms with Gasteiger partial charge in [-0.2, -0.15) is 0 Å². The van der Waals surface area contributed by atoms with E-state index >= 15 is 0 Å². The van der Waals surface area contributed by atoms with Gasteiger partial charge in [0.15, 0.2) is 11.5 Å². The van der Waals surface area contributed by atoms with Crippen molar-refractivity contribution in [1.29, 1.82) is 0 Å². The van der Waals surface area contributed by atoms with E-state index in [1.165, 1.54) is 22.3 Å². The van der Waals surface area contributed by atoms with Gasteiger partial charge in [-0.25, -0.2) is 0 Å². The smallest absolute Gasteiger partial charge is 0.254 e. The highest BCUT2D eigenvalue weighted by Crippen LogP contribution is 2.33. The molecule has 41 heavy (non-hydrogen) atoms. The lowest BCUT2D eigenvalue weighted by Crippen LogP contribution is -2.57. The predicted molar refractivity (Wildman–Crippen MR) is 163 cm³/mol. The topological polar surface area (TPSA) is 45.3 Å². The molecule has 6 rings (SSSR count). The molecule has 0 radical (unpaired) electrons. The molecule has 0 N–H and O–H groups in total. The first-order valence-corrected chi connectivity index (χ1v) is 15.2. The maximum Gasteiger partial charge on any atom is 0.254 e. The SMILES string of the molecule is Cc1cccc(C(=O)N2CCC(N3CCN([C@@H](C)c4ccc(Cc5ccc6c(c5)OCO6)cc4)[C@H](C)C3)CC2)c1C. The summed E-state index contributed by atoms with van der Waals surface area (Å²) >= 11 is 0. The van der Waals surface area contributed by atoms with E-state index in [0.717, 1.165) is 74.6 Å². The van der Waals surface area contributed by atoms with Gasteiger partial charge in [-0.1, -0.05) is 42.5 Å². The molecular weight excluding hydrogens is 510 g/mol. The predicted octanol–water partition coefficient (Wildman–Crippen LogP) is 5.99. The molecule has 0 unspecified atom stereocenters. The first kappa shape index (κ1) is 27.8. The molecule has 3 aliphatic heterocycles. The molecule has 6 heteroatoms. The maximum absolute atomic E-state index is 13.2. The molecule has 6 nitrogen and oxygen atoms in total. The van der Waals surface area contributed by atoms with Crippen LogP contribution in [0.2, 0.25) is 0 Å². The number of fused-ring (bicyclic) bond motifs is 1. The van der Waals surface area contributed by atoms with Crippen molar-refractivity contribution in [2.75, 3.05) is 39.5 Å². The average molecular weight is 554 g/mol. The number of likely N-dealkylation sites (tertiary alicyclic amines) is 1. The van der Waals surface area contributed by atoms with Gasteiger partial charge in [0.05, 0.1) is 0 Å². The minimum absolute atomic E-state index is 0.193. The monoisotopic (exact) mass is 553 g/mol. The third kappa shape index (κ3) is 5.86. The highest BCUT2D eigenvalue weighted by Gasteiger charge is 2.34. The van der Waals surface area contributed by atoms with Crippen molar-refractivity contribution < 1.29 is 14.3 Å². The number of ether oxygens (including phenoxy) is 2. The second kappa shape index (κ2) is 11.9. The standard InChI is InChI=1S/C35H43N3O3/c1-24-6-5-7-32(26(24)3)35(39)36-16-14-31(15-17-36)37-18-19-38(25(2)22-37)27(4)30-11-8-28(9-12-30)20-29-10-13-33-34(21-29)41-23-40-33/h5-13,21,25,27,31H,14-20,22-23H2,1-4H3/t25-,27+/m1/s1. The zero-order chi connectivity index (χ0) is 28.5. The first-order valence-electron chi connectivity index (χ1n) is 15.2. The van der Waals surface area contributed by atoms with Crippen LogP contribution in [0.15, 0.2) is 60.7 Å². The number of hydrogen-bond donors (Lipinski definition) is 0. The molecule has 0 saturated carbocycles. The molecule has 3 heterocycles. The van der Waals surface area contributed by atoms with Gasteiger partial charge in [-0.15, -0.1) is 0 Å². The van der Waals surface area contributed by atoms with Gasteiger partial charge in [0.2, 0.25) is 6.79 Å². The molecule has 0 bridgehead atoms. The van der Waals surface area contributed by atoms with Crippen LogP contribution in [0, 0.1) is 13.8 Å². The molecule has 0 aliphatic carbocycles.